The van der Waals surface area contributed by atoms with E-state index in [-0.39, 0.29) is 18.1 Å². The van der Waals surface area contributed by atoms with Crippen LogP contribution in [0.25, 0.3) is 0 Å². The van der Waals surface area contributed by atoms with E-state index in [0.29, 0.717) is 18.4 Å². The molecule has 0 aromatic carbocycles. The summed E-state index contributed by atoms with van der Waals surface area (Å²) >= 11 is 0. The summed E-state index contributed by atoms with van der Waals surface area (Å²) in [6.45, 7) is 10.0. The fourth-order valence-electron chi connectivity index (χ4n) is 3.63. The van der Waals surface area contributed by atoms with E-state index in [4.69, 9.17) is 4.74 Å². The Kier molecular flexibility index (Phi) is 5.99. The van der Waals surface area contributed by atoms with Gasteiger partial charge in [0.2, 0.25) is 0 Å². The summed E-state index contributed by atoms with van der Waals surface area (Å²) in [6.07, 6.45) is 10.1. The molecule has 2 rings (SSSR count). The fourth-order valence-corrected chi connectivity index (χ4v) is 3.63. The SMILES string of the molecule is C=C(C=O)[C@H]1C[C@H]2O[C@H]1CC(C)=CCCC(C)=CCC[C@]2(C)O. The summed E-state index contributed by atoms with van der Waals surface area (Å²) in [5, 5.41) is 10.9. The van der Waals surface area contributed by atoms with Crippen molar-refractivity contribution in [3.8, 4) is 0 Å². The van der Waals surface area contributed by atoms with Crippen molar-refractivity contribution in [1.29, 1.82) is 0 Å². The molecule has 1 N–H and O–H groups in total. The Morgan fingerprint density at radius 2 is 2.04 bits per heavy atom. The molecule has 2 aliphatic heterocycles. The first-order chi connectivity index (χ1) is 10.8. The molecule has 2 heterocycles. The Hall–Kier alpha value is -1.19. The molecular formula is C20H30O3. The van der Waals surface area contributed by atoms with Gasteiger partial charge in [0.15, 0.2) is 0 Å². The summed E-state index contributed by atoms with van der Waals surface area (Å²) in [6, 6.07) is 0. The number of ether oxygens (including phenoxy) is 1. The summed E-state index contributed by atoms with van der Waals surface area (Å²) in [5.74, 6) is 0.00698. The highest BCUT2D eigenvalue weighted by atomic mass is 16.5. The quantitative estimate of drug-likeness (QED) is 0.473. The maximum Gasteiger partial charge on any atom is 0.145 e. The number of hydrogen-bond acceptors (Lipinski definition) is 3. The van der Waals surface area contributed by atoms with Gasteiger partial charge in [-0.25, -0.2) is 0 Å². The standard InChI is InChI=1S/C20H30O3/c1-14-7-5-8-15(2)11-18-17(16(3)13-21)12-19(23-18)20(4,22)10-6-9-14/h8-9,13,17-19,22H,3,5-7,10-12H2,1-2,4H3/t17-,18+,19-,20+/m1/s1. The maximum absolute atomic E-state index is 11.2. The first-order valence-electron chi connectivity index (χ1n) is 8.66. The van der Waals surface area contributed by atoms with Gasteiger partial charge in [0, 0.05) is 5.92 Å². The van der Waals surface area contributed by atoms with Gasteiger partial charge in [0.05, 0.1) is 17.8 Å². The third-order valence-corrected chi connectivity index (χ3v) is 5.28. The zero-order valence-corrected chi connectivity index (χ0v) is 14.7. The number of fused-ring (bicyclic) bond motifs is 2. The Morgan fingerprint density at radius 3 is 2.74 bits per heavy atom. The molecule has 0 amide bonds. The van der Waals surface area contributed by atoms with Crippen LogP contribution in [0.3, 0.4) is 0 Å². The minimum absolute atomic E-state index is 0.00698. The lowest BCUT2D eigenvalue weighted by Crippen LogP contribution is -2.39. The van der Waals surface area contributed by atoms with E-state index in [9.17, 15) is 9.90 Å². The van der Waals surface area contributed by atoms with Crippen molar-refractivity contribution >= 4 is 6.29 Å². The van der Waals surface area contributed by atoms with Gasteiger partial charge < -0.3 is 9.84 Å². The first kappa shape index (κ1) is 18.2. The van der Waals surface area contributed by atoms with Gasteiger partial charge in [-0.05, 0) is 64.9 Å². The summed E-state index contributed by atoms with van der Waals surface area (Å²) < 4.78 is 6.19. The lowest BCUT2D eigenvalue weighted by Gasteiger charge is -2.29. The zero-order valence-electron chi connectivity index (χ0n) is 14.7. The molecule has 0 aliphatic carbocycles. The Bertz CT molecular complexity index is 513. The van der Waals surface area contributed by atoms with Crippen LogP contribution >= 0.6 is 0 Å². The molecule has 0 aromatic heterocycles. The molecule has 0 spiro atoms. The lowest BCUT2D eigenvalue weighted by atomic mass is 9.84. The largest absolute Gasteiger partial charge is 0.387 e. The monoisotopic (exact) mass is 318 g/mol. The molecule has 0 saturated carbocycles. The highest BCUT2D eigenvalue weighted by Crippen LogP contribution is 2.40. The second-order valence-corrected chi connectivity index (χ2v) is 7.44. The average Bonchev–Trinajstić information content (AvgIpc) is 2.90. The smallest absolute Gasteiger partial charge is 0.145 e. The van der Waals surface area contributed by atoms with Crippen molar-refractivity contribution in [3.05, 3.63) is 35.5 Å². The van der Waals surface area contributed by atoms with Crippen LogP contribution in [-0.4, -0.2) is 29.2 Å². The van der Waals surface area contributed by atoms with Crippen molar-refractivity contribution in [2.24, 2.45) is 5.92 Å². The molecule has 3 heteroatoms. The van der Waals surface area contributed by atoms with Crippen molar-refractivity contribution in [1.82, 2.24) is 0 Å². The van der Waals surface area contributed by atoms with Gasteiger partial charge in [-0.3, -0.25) is 4.79 Å². The second-order valence-electron chi connectivity index (χ2n) is 7.44. The Morgan fingerprint density at radius 1 is 1.35 bits per heavy atom. The topological polar surface area (TPSA) is 46.5 Å². The third kappa shape index (κ3) is 4.65. The summed E-state index contributed by atoms with van der Waals surface area (Å²) in [7, 11) is 0. The van der Waals surface area contributed by atoms with Gasteiger partial charge in [0.1, 0.15) is 6.29 Å². The number of hydrogen-bond donors (Lipinski definition) is 1. The molecule has 0 unspecified atom stereocenters. The fraction of sp³-hybridized carbons (Fsp3) is 0.650. The van der Waals surface area contributed by atoms with Crippen LogP contribution < -0.4 is 0 Å². The van der Waals surface area contributed by atoms with Crippen LogP contribution in [0.15, 0.2) is 35.5 Å². The van der Waals surface area contributed by atoms with Crippen molar-refractivity contribution in [3.63, 3.8) is 0 Å². The van der Waals surface area contributed by atoms with E-state index in [0.717, 1.165) is 32.0 Å². The Labute approximate surface area is 140 Å². The number of carbonyl (C=O) groups is 1. The first-order valence-corrected chi connectivity index (χ1v) is 8.66. The highest BCUT2D eigenvalue weighted by Gasteiger charge is 2.44. The third-order valence-electron chi connectivity index (χ3n) is 5.28. The van der Waals surface area contributed by atoms with E-state index in [1.54, 1.807) is 0 Å². The molecule has 1 saturated heterocycles. The average molecular weight is 318 g/mol. The number of aliphatic hydroxyl groups is 1. The highest BCUT2D eigenvalue weighted by molar-refractivity contribution is 5.73. The zero-order chi connectivity index (χ0) is 17.0. The molecule has 128 valence electrons. The molecule has 2 bridgehead atoms. The number of rotatable bonds is 2. The van der Waals surface area contributed by atoms with E-state index >= 15 is 0 Å². The molecular weight excluding hydrogens is 288 g/mol. The number of aldehydes is 1. The molecule has 0 aromatic rings. The molecule has 0 radical (unpaired) electrons. The van der Waals surface area contributed by atoms with Crippen LogP contribution in [0.4, 0.5) is 0 Å². The van der Waals surface area contributed by atoms with E-state index in [1.807, 2.05) is 6.92 Å². The van der Waals surface area contributed by atoms with Gasteiger partial charge in [0.25, 0.3) is 0 Å². The van der Waals surface area contributed by atoms with Crippen LogP contribution in [0.2, 0.25) is 0 Å². The molecule has 1 fully saturated rings. The van der Waals surface area contributed by atoms with Gasteiger partial charge in [-0.1, -0.05) is 29.9 Å². The van der Waals surface area contributed by atoms with Crippen LogP contribution in [0.5, 0.6) is 0 Å². The van der Waals surface area contributed by atoms with E-state index in [2.05, 4.69) is 32.6 Å². The minimum Gasteiger partial charge on any atom is -0.387 e. The van der Waals surface area contributed by atoms with Crippen LogP contribution in [0.1, 0.15) is 59.3 Å². The van der Waals surface area contributed by atoms with Crippen molar-refractivity contribution in [2.75, 3.05) is 0 Å². The molecule has 23 heavy (non-hydrogen) atoms. The normalized spacial score (nSPS) is 36.1. The Balaban J connectivity index is 2.25. The summed E-state index contributed by atoms with van der Waals surface area (Å²) in [5.41, 5.74) is 2.37. The van der Waals surface area contributed by atoms with Gasteiger partial charge in [-0.2, -0.15) is 0 Å². The van der Waals surface area contributed by atoms with E-state index in [1.165, 1.54) is 11.1 Å². The second kappa shape index (κ2) is 7.59. The molecule has 4 atom stereocenters. The van der Waals surface area contributed by atoms with Crippen LogP contribution in [0, 0.1) is 5.92 Å². The summed E-state index contributed by atoms with van der Waals surface area (Å²) in [4.78, 5) is 11.2. The van der Waals surface area contributed by atoms with Crippen molar-refractivity contribution in [2.45, 2.75) is 77.1 Å². The molecule has 2 aliphatic rings. The van der Waals surface area contributed by atoms with Crippen LogP contribution in [-0.2, 0) is 9.53 Å². The van der Waals surface area contributed by atoms with Gasteiger partial charge in [-0.15, -0.1) is 0 Å². The van der Waals surface area contributed by atoms with Crippen molar-refractivity contribution < 1.29 is 14.6 Å². The maximum atomic E-state index is 11.2. The number of carbonyl (C=O) groups excluding carboxylic acids is 1. The predicted octanol–water partition coefficient (Wildman–Crippen LogP) is 4.12. The van der Waals surface area contributed by atoms with E-state index < -0.39 is 5.60 Å². The molecule has 3 nitrogen and oxygen atoms in total. The predicted molar refractivity (Wildman–Crippen MR) is 93.2 cm³/mol. The number of allylic oxidation sites excluding steroid dienone is 3. The minimum atomic E-state index is -0.876. The van der Waals surface area contributed by atoms with Gasteiger partial charge >= 0.3 is 0 Å². The lowest BCUT2D eigenvalue weighted by molar-refractivity contribution is -0.105.